The second-order valence-electron chi connectivity index (χ2n) is 8.99. The Morgan fingerprint density at radius 3 is 1.80 bits per heavy atom. The van der Waals surface area contributed by atoms with Crippen LogP contribution in [0, 0.1) is 0 Å². The lowest BCUT2D eigenvalue weighted by atomic mass is 9.92. The highest BCUT2D eigenvalue weighted by Crippen LogP contribution is 2.44. The summed E-state index contributed by atoms with van der Waals surface area (Å²) in [6.45, 7) is -0.738. The Balaban J connectivity index is 1.60. The molecule has 2 fully saturated rings. The number of phenolic OH excluding ortho intramolecular Hbond substituents is 4. The van der Waals surface area contributed by atoms with E-state index in [9.17, 15) is 45.0 Å². The molecule has 2 heterocycles. The summed E-state index contributed by atoms with van der Waals surface area (Å²) >= 11 is 0. The molecule has 2 aromatic carbocycles. The number of aliphatic hydroxyl groups is 2. The first-order chi connectivity index (χ1) is 19.5. The smallest absolute Gasteiger partial charge is 0.369 e. The number of carbonyl (C=O) groups excluding carboxylic acids is 3. The Labute approximate surface area is 231 Å². The molecule has 218 valence electrons. The van der Waals surface area contributed by atoms with E-state index in [2.05, 4.69) is 4.74 Å². The fourth-order valence-electron chi connectivity index (χ4n) is 4.33. The van der Waals surface area contributed by atoms with Crippen LogP contribution in [0.5, 0.6) is 23.0 Å². The average molecular weight is 574 g/mol. The van der Waals surface area contributed by atoms with Crippen LogP contribution in [0.15, 0.2) is 48.6 Å². The third kappa shape index (κ3) is 5.95. The zero-order chi connectivity index (χ0) is 29.9. The van der Waals surface area contributed by atoms with Crippen molar-refractivity contribution in [2.24, 2.45) is 0 Å². The zero-order valence-corrected chi connectivity index (χ0v) is 21.3. The summed E-state index contributed by atoms with van der Waals surface area (Å²) in [5, 5.41) is 59.1. The van der Waals surface area contributed by atoms with Gasteiger partial charge in [-0.25, -0.2) is 14.4 Å². The maximum absolute atomic E-state index is 12.7. The Hall–Kier alpha value is -4.63. The normalized spacial score (nSPS) is 27.1. The third-order valence-electron chi connectivity index (χ3n) is 6.33. The summed E-state index contributed by atoms with van der Waals surface area (Å²) in [5.41, 5.74) is 0.612. The number of aromatic hydroxyl groups is 4. The molecule has 0 radical (unpaired) electrons. The van der Waals surface area contributed by atoms with E-state index >= 15 is 0 Å². The van der Waals surface area contributed by atoms with Gasteiger partial charge in [0.2, 0.25) is 0 Å². The van der Waals surface area contributed by atoms with Gasteiger partial charge in [-0.2, -0.15) is 0 Å². The van der Waals surface area contributed by atoms with Gasteiger partial charge in [-0.05, 0) is 47.5 Å². The fourth-order valence-corrected chi connectivity index (χ4v) is 4.33. The number of hydrogen-bond acceptors (Lipinski definition) is 14. The average Bonchev–Trinajstić information content (AvgIpc) is 3.32. The quantitative estimate of drug-likeness (QED) is 0.106. The molecule has 2 aromatic rings. The standard InChI is InChI=1S/C27H26O14/c1-37-26(36)27-25(35)24(39-21(34)9-5-14-3-7-16(30)18(32)11-14)23(22(41-27)19(12-28)40-27)38-20(33)8-4-13-2-6-15(29)17(31)10-13/h2-11,19,22-25,28-32,35H,12H2,1H3. The van der Waals surface area contributed by atoms with Crippen LogP contribution in [0.25, 0.3) is 12.2 Å². The van der Waals surface area contributed by atoms with Crippen molar-refractivity contribution in [3.8, 4) is 23.0 Å². The summed E-state index contributed by atoms with van der Waals surface area (Å²) in [7, 11) is 0.993. The van der Waals surface area contributed by atoms with Crippen LogP contribution in [0.4, 0.5) is 0 Å². The van der Waals surface area contributed by atoms with Gasteiger partial charge >= 0.3 is 23.7 Å². The number of esters is 3. The minimum absolute atomic E-state index is 0.299. The molecule has 2 saturated heterocycles. The SMILES string of the molecule is COC(=O)C12OC(CO)C(O1)C(OC(=O)C=Cc1ccc(O)c(O)c1)C(OC(=O)C=Cc1ccc(O)c(O)c1)C2O. The van der Waals surface area contributed by atoms with E-state index in [1.807, 2.05) is 0 Å². The molecule has 14 nitrogen and oxygen atoms in total. The zero-order valence-electron chi connectivity index (χ0n) is 21.3. The molecule has 0 amide bonds. The van der Waals surface area contributed by atoms with Gasteiger partial charge in [-0.1, -0.05) is 12.1 Å². The molecule has 4 rings (SSSR count). The van der Waals surface area contributed by atoms with E-state index in [-0.39, 0.29) is 11.5 Å². The molecule has 6 atom stereocenters. The monoisotopic (exact) mass is 574 g/mol. The number of benzene rings is 2. The summed E-state index contributed by atoms with van der Waals surface area (Å²) in [6, 6.07) is 7.51. The van der Waals surface area contributed by atoms with Crippen molar-refractivity contribution in [2.45, 2.75) is 36.3 Å². The van der Waals surface area contributed by atoms with Crippen LogP contribution in [0.2, 0.25) is 0 Å². The van der Waals surface area contributed by atoms with E-state index in [4.69, 9.17) is 18.9 Å². The second kappa shape index (κ2) is 11.9. The first-order valence-electron chi connectivity index (χ1n) is 12.0. The number of fused-ring (bicyclic) bond motifs is 2. The maximum atomic E-state index is 12.7. The molecule has 41 heavy (non-hydrogen) atoms. The van der Waals surface area contributed by atoms with Crippen LogP contribution in [0.3, 0.4) is 0 Å². The number of ether oxygens (including phenoxy) is 5. The Morgan fingerprint density at radius 1 is 0.829 bits per heavy atom. The van der Waals surface area contributed by atoms with Crippen molar-refractivity contribution >= 4 is 30.1 Å². The maximum Gasteiger partial charge on any atom is 0.369 e. The number of methoxy groups -OCH3 is 1. The molecule has 6 unspecified atom stereocenters. The number of carbonyl (C=O) groups is 3. The van der Waals surface area contributed by atoms with Gasteiger partial charge in [0.25, 0.3) is 0 Å². The van der Waals surface area contributed by atoms with Gasteiger partial charge in [0.05, 0.1) is 13.7 Å². The van der Waals surface area contributed by atoms with Crippen molar-refractivity contribution in [3.63, 3.8) is 0 Å². The van der Waals surface area contributed by atoms with Crippen molar-refractivity contribution in [1.29, 1.82) is 0 Å². The predicted molar refractivity (Wildman–Crippen MR) is 135 cm³/mol. The van der Waals surface area contributed by atoms with Crippen LogP contribution in [-0.4, -0.2) is 98.6 Å². The van der Waals surface area contributed by atoms with Gasteiger partial charge in [0.15, 0.2) is 41.3 Å². The number of hydrogen-bond donors (Lipinski definition) is 6. The fraction of sp³-hybridized carbons (Fsp3) is 0.296. The number of aliphatic hydroxyl groups excluding tert-OH is 2. The topological polar surface area (TPSA) is 219 Å². The lowest BCUT2D eigenvalue weighted by Crippen LogP contribution is -2.65. The van der Waals surface area contributed by atoms with E-state index in [1.54, 1.807) is 0 Å². The Kier molecular flexibility index (Phi) is 8.49. The molecule has 0 spiro atoms. The molecule has 0 aromatic heterocycles. The van der Waals surface area contributed by atoms with Crippen molar-refractivity contribution in [3.05, 3.63) is 59.7 Å². The van der Waals surface area contributed by atoms with Crippen molar-refractivity contribution in [1.82, 2.24) is 0 Å². The van der Waals surface area contributed by atoms with Gasteiger partial charge in [-0.3, -0.25) is 0 Å². The molecule has 6 N–H and O–H groups in total. The molecule has 2 aliphatic heterocycles. The van der Waals surface area contributed by atoms with Crippen molar-refractivity contribution in [2.75, 3.05) is 13.7 Å². The molecule has 0 aliphatic carbocycles. The highest BCUT2D eigenvalue weighted by Gasteiger charge is 2.70. The first kappa shape index (κ1) is 29.4. The van der Waals surface area contributed by atoms with E-state index < -0.39 is 72.3 Å². The summed E-state index contributed by atoms with van der Waals surface area (Å²) < 4.78 is 26.6. The summed E-state index contributed by atoms with van der Waals surface area (Å²) in [5.74, 6) is -7.41. The van der Waals surface area contributed by atoms with Crippen LogP contribution in [0.1, 0.15) is 11.1 Å². The van der Waals surface area contributed by atoms with Crippen LogP contribution in [-0.2, 0) is 38.1 Å². The molecular formula is C27H26O14. The van der Waals surface area contributed by atoms with E-state index in [0.29, 0.717) is 11.1 Å². The second-order valence-corrected chi connectivity index (χ2v) is 8.99. The van der Waals surface area contributed by atoms with Gasteiger partial charge < -0.3 is 54.3 Å². The first-order valence-corrected chi connectivity index (χ1v) is 12.0. The molecule has 14 heteroatoms. The van der Waals surface area contributed by atoms with Gasteiger partial charge in [-0.15, -0.1) is 0 Å². The van der Waals surface area contributed by atoms with Crippen molar-refractivity contribution < 1.29 is 68.7 Å². The van der Waals surface area contributed by atoms with Crippen LogP contribution >= 0.6 is 0 Å². The predicted octanol–water partition coefficient (Wildman–Crippen LogP) is 0.0793. The molecular weight excluding hydrogens is 548 g/mol. The largest absolute Gasteiger partial charge is 0.504 e. The molecule has 2 bridgehead atoms. The van der Waals surface area contributed by atoms with Gasteiger partial charge in [0.1, 0.15) is 12.2 Å². The summed E-state index contributed by atoms with van der Waals surface area (Å²) in [6.07, 6.45) is -3.82. The molecule has 0 saturated carbocycles. The van der Waals surface area contributed by atoms with Gasteiger partial charge in [0, 0.05) is 12.2 Å². The molecule has 2 aliphatic rings. The van der Waals surface area contributed by atoms with E-state index in [1.165, 1.54) is 48.6 Å². The van der Waals surface area contributed by atoms with E-state index in [0.717, 1.165) is 19.3 Å². The Morgan fingerprint density at radius 2 is 1.34 bits per heavy atom. The summed E-state index contributed by atoms with van der Waals surface area (Å²) in [4.78, 5) is 38.1. The number of phenols is 4. The third-order valence-corrected chi connectivity index (χ3v) is 6.33. The minimum atomic E-state index is -2.51. The lowest BCUT2D eigenvalue weighted by Gasteiger charge is -2.41. The van der Waals surface area contributed by atoms with Crippen LogP contribution < -0.4 is 0 Å². The highest BCUT2D eigenvalue weighted by atomic mass is 16.8. The Bertz CT molecular complexity index is 1380. The highest BCUT2D eigenvalue weighted by molar-refractivity contribution is 5.89. The lowest BCUT2D eigenvalue weighted by molar-refractivity contribution is -0.294. The minimum Gasteiger partial charge on any atom is -0.504 e. The number of rotatable bonds is 8.